The first-order valence-corrected chi connectivity index (χ1v) is 11.4. The molecule has 1 aliphatic heterocycles. The third-order valence-corrected chi connectivity index (χ3v) is 6.40. The van der Waals surface area contributed by atoms with Crippen molar-refractivity contribution in [2.24, 2.45) is 0 Å². The summed E-state index contributed by atoms with van der Waals surface area (Å²) in [7, 11) is 0. The highest BCUT2D eigenvalue weighted by atomic mass is 16.1. The summed E-state index contributed by atoms with van der Waals surface area (Å²) in [5, 5.41) is 6.58. The number of para-hydroxylation sites is 1. The second kappa shape index (κ2) is 8.26. The molecule has 3 aromatic heterocycles. The van der Waals surface area contributed by atoms with E-state index in [9.17, 15) is 4.79 Å². The van der Waals surface area contributed by atoms with Gasteiger partial charge in [0.25, 0.3) is 5.56 Å². The Bertz CT molecular complexity index is 1510. The molecule has 0 unspecified atom stereocenters. The number of pyridine rings is 1. The Morgan fingerprint density at radius 1 is 0.879 bits per heavy atom. The van der Waals surface area contributed by atoms with Crippen LogP contribution < -0.4 is 5.56 Å². The Labute approximate surface area is 190 Å². The van der Waals surface area contributed by atoms with E-state index in [0.717, 1.165) is 40.6 Å². The van der Waals surface area contributed by atoms with Gasteiger partial charge in [-0.15, -0.1) is 0 Å². The first-order valence-electron chi connectivity index (χ1n) is 11.4. The van der Waals surface area contributed by atoms with E-state index in [1.807, 2.05) is 48.7 Å². The molecule has 0 spiro atoms. The summed E-state index contributed by atoms with van der Waals surface area (Å²) in [6, 6.07) is 17.3. The fourth-order valence-corrected chi connectivity index (χ4v) is 4.59. The lowest BCUT2D eigenvalue weighted by Crippen LogP contribution is -2.24. The summed E-state index contributed by atoms with van der Waals surface area (Å²) >= 11 is 0. The number of hydrogen-bond acceptors (Lipinski definition) is 5. The van der Waals surface area contributed by atoms with Crippen LogP contribution in [0, 0.1) is 0 Å². The minimum absolute atomic E-state index is 0.120. The van der Waals surface area contributed by atoms with Crippen molar-refractivity contribution >= 4 is 21.8 Å². The van der Waals surface area contributed by atoms with Crippen molar-refractivity contribution in [3.8, 4) is 17.1 Å². The molecule has 1 fully saturated rings. The molecule has 164 valence electrons. The molecule has 33 heavy (non-hydrogen) atoms. The molecule has 0 radical (unpaired) electrons. The highest BCUT2D eigenvalue weighted by molar-refractivity contribution is 5.81. The molecular formula is C26H24N6O. The molecule has 7 nitrogen and oxygen atoms in total. The van der Waals surface area contributed by atoms with Gasteiger partial charge in [-0.25, -0.2) is 9.97 Å². The smallest absolute Gasteiger partial charge is 0.255 e. The molecule has 5 aromatic rings. The lowest BCUT2D eigenvalue weighted by molar-refractivity contribution is 0.318. The van der Waals surface area contributed by atoms with Crippen molar-refractivity contribution < 1.29 is 0 Å². The normalized spacial score (nSPS) is 14.4. The number of fused-ring (bicyclic) bond motifs is 2. The van der Waals surface area contributed by atoms with E-state index in [-0.39, 0.29) is 5.56 Å². The maximum Gasteiger partial charge on any atom is 0.255 e. The molecule has 1 saturated heterocycles. The molecule has 0 aliphatic carbocycles. The van der Waals surface area contributed by atoms with Gasteiger partial charge in [0.1, 0.15) is 0 Å². The van der Waals surface area contributed by atoms with E-state index in [1.54, 1.807) is 23.0 Å². The average Bonchev–Trinajstić information content (AvgIpc) is 3.52. The van der Waals surface area contributed by atoms with Gasteiger partial charge in [0.15, 0.2) is 5.82 Å². The number of aromatic nitrogens is 5. The van der Waals surface area contributed by atoms with Crippen molar-refractivity contribution in [2.75, 3.05) is 19.6 Å². The summed E-state index contributed by atoms with van der Waals surface area (Å²) in [4.78, 5) is 24.5. The minimum atomic E-state index is -0.120. The van der Waals surface area contributed by atoms with Crippen molar-refractivity contribution in [3.63, 3.8) is 0 Å². The summed E-state index contributed by atoms with van der Waals surface area (Å²) in [6.45, 7) is 4.28. The Balaban J connectivity index is 1.28. The lowest BCUT2D eigenvalue weighted by atomic mass is 10.2. The van der Waals surface area contributed by atoms with Crippen molar-refractivity contribution in [2.45, 2.75) is 19.4 Å². The molecule has 6 rings (SSSR count). The fraction of sp³-hybridized carbons (Fsp3) is 0.231. The predicted molar refractivity (Wildman–Crippen MR) is 130 cm³/mol. The first kappa shape index (κ1) is 19.8. The van der Waals surface area contributed by atoms with Gasteiger partial charge < -0.3 is 4.90 Å². The molecule has 0 saturated carbocycles. The third-order valence-electron chi connectivity index (χ3n) is 6.40. The van der Waals surface area contributed by atoms with Crippen molar-refractivity contribution in [1.29, 1.82) is 0 Å². The van der Waals surface area contributed by atoms with E-state index < -0.39 is 0 Å². The molecule has 0 N–H and O–H groups in total. The van der Waals surface area contributed by atoms with Gasteiger partial charge in [0.05, 0.1) is 23.8 Å². The van der Waals surface area contributed by atoms with E-state index in [4.69, 9.17) is 0 Å². The second-order valence-corrected chi connectivity index (χ2v) is 8.54. The van der Waals surface area contributed by atoms with Gasteiger partial charge in [-0.1, -0.05) is 18.2 Å². The van der Waals surface area contributed by atoms with Crippen LogP contribution >= 0.6 is 0 Å². The first-order chi connectivity index (χ1) is 16.2. The molecule has 0 bridgehead atoms. The van der Waals surface area contributed by atoms with Gasteiger partial charge in [-0.05, 0) is 56.3 Å². The third kappa shape index (κ3) is 3.81. The quantitative estimate of drug-likeness (QED) is 0.418. The highest BCUT2D eigenvalue weighted by Gasteiger charge is 2.13. The standard InChI is InChI=1S/C26H24N6O/c33-25-16-19(26-27-17-20-5-1-2-6-23(20)29-26)9-12-31(25)22-7-8-24-21(15-22)18-28-32(24)14-13-30-10-3-4-11-30/h1-2,5-9,12,15-18H,3-4,10-11,13-14H2. The molecule has 7 heteroatoms. The number of benzene rings is 2. The number of hydrogen-bond donors (Lipinski definition) is 0. The predicted octanol–water partition coefficient (Wildman–Crippen LogP) is 3.89. The highest BCUT2D eigenvalue weighted by Crippen LogP contribution is 2.20. The maximum absolute atomic E-state index is 12.9. The van der Waals surface area contributed by atoms with Crippen LogP contribution in [0.15, 0.2) is 78.0 Å². The van der Waals surface area contributed by atoms with Crippen LogP contribution in [0.4, 0.5) is 0 Å². The largest absolute Gasteiger partial charge is 0.301 e. The summed E-state index contributed by atoms with van der Waals surface area (Å²) in [6.07, 6.45) is 8.05. The summed E-state index contributed by atoms with van der Waals surface area (Å²) in [5.41, 5.74) is 3.35. The van der Waals surface area contributed by atoms with Crippen molar-refractivity contribution in [1.82, 2.24) is 29.2 Å². The number of rotatable bonds is 5. The van der Waals surface area contributed by atoms with Crippen LogP contribution in [-0.4, -0.2) is 48.8 Å². The van der Waals surface area contributed by atoms with Crippen molar-refractivity contribution in [3.05, 3.63) is 83.5 Å². The Morgan fingerprint density at radius 2 is 1.76 bits per heavy atom. The summed E-state index contributed by atoms with van der Waals surface area (Å²) in [5.74, 6) is 0.549. The lowest BCUT2D eigenvalue weighted by Gasteiger charge is -2.14. The van der Waals surface area contributed by atoms with Crippen LogP contribution in [0.25, 0.3) is 38.9 Å². The van der Waals surface area contributed by atoms with Gasteiger partial charge in [0, 0.05) is 47.0 Å². The van der Waals surface area contributed by atoms with Crippen LogP contribution in [0.1, 0.15) is 12.8 Å². The zero-order chi connectivity index (χ0) is 22.2. The Kier molecular flexibility index (Phi) is 4.96. The SMILES string of the molecule is O=c1cc(-c2ncc3ccccc3n2)ccn1-c1ccc2c(cnn2CCN2CCCC2)c1. The van der Waals surface area contributed by atoms with Gasteiger partial charge in [0.2, 0.25) is 0 Å². The molecule has 4 heterocycles. The Morgan fingerprint density at radius 3 is 2.64 bits per heavy atom. The van der Waals surface area contributed by atoms with Crippen LogP contribution in [0.5, 0.6) is 0 Å². The minimum Gasteiger partial charge on any atom is -0.301 e. The monoisotopic (exact) mass is 436 g/mol. The van der Waals surface area contributed by atoms with Crippen LogP contribution in [0.2, 0.25) is 0 Å². The average molecular weight is 437 g/mol. The van der Waals surface area contributed by atoms with E-state index in [0.29, 0.717) is 11.4 Å². The van der Waals surface area contributed by atoms with E-state index in [1.165, 1.54) is 25.9 Å². The summed E-state index contributed by atoms with van der Waals surface area (Å²) < 4.78 is 3.70. The molecule has 0 atom stereocenters. The van der Waals surface area contributed by atoms with Crippen LogP contribution in [0.3, 0.4) is 0 Å². The zero-order valence-corrected chi connectivity index (χ0v) is 18.3. The molecular weight excluding hydrogens is 412 g/mol. The van der Waals surface area contributed by atoms with Gasteiger partial charge in [-0.3, -0.25) is 14.0 Å². The topological polar surface area (TPSA) is 68.8 Å². The Hall–Kier alpha value is -3.84. The second-order valence-electron chi connectivity index (χ2n) is 8.54. The van der Waals surface area contributed by atoms with Gasteiger partial charge in [-0.2, -0.15) is 5.10 Å². The number of likely N-dealkylation sites (tertiary alicyclic amines) is 1. The van der Waals surface area contributed by atoms with Crippen LogP contribution in [-0.2, 0) is 6.54 Å². The molecule has 2 aromatic carbocycles. The van der Waals surface area contributed by atoms with Gasteiger partial charge >= 0.3 is 0 Å². The fourth-order valence-electron chi connectivity index (χ4n) is 4.59. The molecule has 1 aliphatic rings. The zero-order valence-electron chi connectivity index (χ0n) is 18.3. The maximum atomic E-state index is 12.9. The van der Waals surface area contributed by atoms with E-state index in [2.05, 4.69) is 30.7 Å². The molecule has 0 amide bonds. The number of nitrogens with zero attached hydrogens (tertiary/aromatic N) is 6. The van der Waals surface area contributed by atoms with E-state index >= 15 is 0 Å².